The van der Waals surface area contributed by atoms with Crippen molar-refractivity contribution in [1.29, 1.82) is 0 Å². The average Bonchev–Trinajstić information content (AvgIpc) is 3.27. The van der Waals surface area contributed by atoms with Gasteiger partial charge in [0.25, 0.3) is 0 Å². The van der Waals surface area contributed by atoms with Gasteiger partial charge in [-0.05, 0) is 20.3 Å². The van der Waals surface area contributed by atoms with Gasteiger partial charge in [-0.1, -0.05) is 30.3 Å². The predicted molar refractivity (Wildman–Crippen MR) is 101 cm³/mol. The van der Waals surface area contributed by atoms with Crippen molar-refractivity contribution in [3.63, 3.8) is 0 Å². The van der Waals surface area contributed by atoms with Crippen LogP contribution in [0.2, 0.25) is 0 Å². The molecular formula is C19H21N5OS. The van der Waals surface area contributed by atoms with Gasteiger partial charge >= 0.3 is 0 Å². The third-order valence-corrected chi connectivity index (χ3v) is 5.53. The number of hydrogen-bond acceptors (Lipinski definition) is 5. The summed E-state index contributed by atoms with van der Waals surface area (Å²) >= 11 is 1.63. The highest BCUT2D eigenvalue weighted by Gasteiger charge is 2.30. The van der Waals surface area contributed by atoms with Crippen LogP contribution in [0.5, 0.6) is 0 Å². The Hall–Kier alpha value is -2.54. The normalized spacial score (nSPS) is 16.5. The molecule has 7 heteroatoms. The Kier molecular flexibility index (Phi) is 4.55. The van der Waals surface area contributed by atoms with Crippen LogP contribution in [-0.2, 0) is 17.8 Å². The topological polar surface area (TPSA) is 63.9 Å². The third kappa shape index (κ3) is 3.26. The maximum Gasteiger partial charge on any atom is 0.223 e. The van der Waals surface area contributed by atoms with E-state index in [1.807, 2.05) is 59.1 Å². The Morgan fingerprint density at radius 3 is 2.77 bits per heavy atom. The van der Waals surface area contributed by atoms with Crippen LogP contribution in [0.15, 0.2) is 35.7 Å². The summed E-state index contributed by atoms with van der Waals surface area (Å²) in [6.07, 6.45) is 1.17. The molecule has 0 radical (unpaired) electrons. The Morgan fingerprint density at radius 2 is 2.04 bits per heavy atom. The van der Waals surface area contributed by atoms with Gasteiger partial charge in [0, 0.05) is 23.9 Å². The van der Waals surface area contributed by atoms with E-state index in [9.17, 15) is 4.79 Å². The highest BCUT2D eigenvalue weighted by molar-refractivity contribution is 7.09. The molecule has 0 fully saturated rings. The molecule has 3 aromatic rings. The zero-order valence-corrected chi connectivity index (χ0v) is 15.7. The van der Waals surface area contributed by atoms with Crippen LogP contribution in [-0.4, -0.2) is 37.1 Å². The number of nitrogens with zero attached hydrogens (tertiary/aromatic N) is 5. The number of amides is 1. The number of aromatic nitrogens is 4. The van der Waals surface area contributed by atoms with Crippen LogP contribution in [0, 0.1) is 6.92 Å². The molecule has 4 rings (SSSR count). The van der Waals surface area contributed by atoms with Gasteiger partial charge in [0.15, 0.2) is 5.82 Å². The highest BCUT2D eigenvalue weighted by Crippen LogP contribution is 2.27. The Bertz CT molecular complexity index is 917. The van der Waals surface area contributed by atoms with Crippen LogP contribution in [0.25, 0.3) is 11.4 Å². The number of aryl methyl sites for hydroxylation is 2. The first-order chi connectivity index (χ1) is 12.6. The Labute approximate surface area is 156 Å². The van der Waals surface area contributed by atoms with Gasteiger partial charge in [-0.2, -0.15) is 5.10 Å². The zero-order valence-electron chi connectivity index (χ0n) is 14.9. The van der Waals surface area contributed by atoms with Gasteiger partial charge in [0.05, 0.1) is 23.3 Å². The first kappa shape index (κ1) is 16.9. The lowest BCUT2D eigenvalue weighted by Crippen LogP contribution is -2.41. The summed E-state index contributed by atoms with van der Waals surface area (Å²) in [5.41, 5.74) is 2.00. The molecule has 6 nitrogen and oxygen atoms in total. The second-order valence-electron chi connectivity index (χ2n) is 6.50. The summed E-state index contributed by atoms with van der Waals surface area (Å²) < 4.78 is 1.93. The lowest BCUT2D eigenvalue weighted by molar-refractivity contribution is -0.134. The molecule has 0 aliphatic carbocycles. The molecule has 1 aliphatic heterocycles. The number of hydrogen-bond donors (Lipinski definition) is 0. The maximum absolute atomic E-state index is 12.7. The molecule has 2 aromatic heterocycles. The van der Waals surface area contributed by atoms with Crippen molar-refractivity contribution in [2.24, 2.45) is 0 Å². The summed E-state index contributed by atoms with van der Waals surface area (Å²) in [7, 11) is 0. The van der Waals surface area contributed by atoms with Gasteiger partial charge in [-0.3, -0.25) is 4.79 Å². The summed E-state index contributed by atoms with van der Waals surface area (Å²) in [5.74, 6) is 1.73. The number of thiazole rings is 1. The maximum atomic E-state index is 12.7. The van der Waals surface area contributed by atoms with Crippen molar-refractivity contribution < 1.29 is 4.79 Å². The van der Waals surface area contributed by atoms with Gasteiger partial charge in [0.1, 0.15) is 5.82 Å². The molecule has 0 saturated carbocycles. The highest BCUT2D eigenvalue weighted by atomic mass is 32.1. The van der Waals surface area contributed by atoms with E-state index in [4.69, 9.17) is 4.98 Å². The van der Waals surface area contributed by atoms with Gasteiger partial charge in [-0.25, -0.2) is 14.6 Å². The quantitative estimate of drug-likeness (QED) is 0.710. The molecule has 0 N–H and O–H groups in total. The van der Waals surface area contributed by atoms with E-state index in [0.29, 0.717) is 25.9 Å². The lowest BCUT2D eigenvalue weighted by Gasteiger charge is -2.33. The summed E-state index contributed by atoms with van der Waals surface area (Å²) in [4.78, 5) is 23.8. The van der Waals surface area contributed by atoms with E-state index in [2.05, 4.69) is 10.1 Å². The molecule has 134 valence electrons. The molecule has 26 heavy (non-hydrogen) atoms. The Morgan fingerprint density at radius 1 is 1.23 bits per heavy atom. The largest absolute Gasteiger partial charge is 0.331 e. The van der Waals surface area contributed by atoms with Crippen LogP contribution in [0.3, 0.4) is 0 Å². The van der Waals surface area contributed by atoms with Crippen molar-refractivity contribution >= 4 is 17.2 Å². The van der Waals surface area contributed by atoms with Gasteiger partial charge < -0.3 is 4.90 Å². The molecule has 1 aromatic carbocycles. The number of carbonyl (C=O) groups excluding carboxylic acids is 1. The standard InChI is InChI=1S/C19H21N5OS/c1-13-19-21-18(15-6-4-3-5-7-15)22-24(19)11-10-23(13)17(25)9-8-16-12-26-14(2)20-16/h3-7,12-13H,8-11H2,1-2H3/t13-/m0/s1. The fraction of sp³-hybridized carbons (Fsp3) is 0.368. The van der Waals surface area contributed by atoms with Crippen LogP contribution < -0.4 is 0 Å². The first-order valence-electron chi connectivity index (χ1n) is 8.82. The average molecular weight is 367 g/mol. The number of rotatable bonds is 4. The predicted octanol–water partition coefficient (Wildman–Crippen LogP) is 3.25. The summed E-state index contributed by atoms with van der Waals surface area (Å²) in [5, 5.41) is 7.70. The summed E-state index contributed by atoms with van der Waals surface area (Å²) in [6, 6.07) is 9.88. The molecule has 1 atom stereocenters. The lowest BCUT2D eigenvalue weighted by atomic mass is 10.1. The van der Waals surface area contributed by atoms with E-state index in [1.54, 1.807) is 11.3 Å². The van der Waals surface area contributed by atoms with Crippen molar-refractivity contribution in [2.75, 3.05) is 6.54 Å². The van der Waals surface area contributed by atoms with Crippen molar-refractivity contribution in [3.05, 3.63) is 52.2 Å². The second-order valence-corrected chi connectivity index (χ2v) is 7.57. The smallest absolute Gasteiger partial charge is 0.223 e. The number of fused-ring (bicyclic) bond motifs is 1. The second kappa shape index (κ2) is 6.99. The fourth-order valence-electron chi connectivity index (χ4n) is 3.32. The van der Waals surface area contributed by atoms with E-state index in [-0.39, 0.29) is 11.9 Å². The molecule has 0 bridgehead atoms. The van der Waals surface area contributed by atoms with E-state index < -0.39 is 0 Å². The monoisotopic (exact) mass is 367 g/mol. The van der Waals surface area contributed by atoms with Gasteiger partial charge in [0.2, 0.25) is 5.91 Å². The minimum atomic E-state index is -0.0709. The SMILES string of the molecule is Cc1nc(CCC(=O)N2CCn3nc(-c4ccccc4)nc3[C@@H]2C)cs1. The van der Waals surface area contributed by atoms with Gasteiger partial charge in [-0.15, -0.1) is 11.3 Å². The molecule has 1 aliphatic rings. The van der Waals surface area contributed by atoms with Crippen molar-refractivity contribution in [1.82, 2.24) is 24.6 Å². The minimum Gasteiger partial charge on any atom is -0.331 e. The molecule has 0 unspecified atom stereocenters. The minimum absolute atomic E-state index is 0.0709. The zero-order chi connectivity index (χ0) is 18.1. The van der Waals surface area contributed by atoms with Crippen LogP contribution in [0.1, 0.15) is 35.9 Å². The number of carbonyl (C=O) groups is 1. The van der Waals surface area contributed by atoms with Crippen molar-refractivity contribution in [2.45, 2.75) is 39.3 Å². The Balaban J connectivity index is 1.48. The number of benzene rings is 1. The van der Waals surface area contributed by atoms with E-state index in [1.165, 1.54) is 0 Å². The van der Waals surface area contributed by atoms with Crippen molar-refractivity contribution in [3.8, 4) is 11.4 Å². The molecular weight excluding hydrogens is 346 g/mol. The molecule has 0 spiro atoms. The first-order valence-corrected chi connectivity index (χ1v) is 9.70. The molecule has 1 amide bonds. The summed E-state index contributed by atoms with van der Waals surface area (Å²) in [6.45, 7) is 5.36. The molecule has 0 saturated heterocycles. The van der Waals surface area contributed by atoms with Crippen LogP contribution in [0.4, 0.5) is 0 Å². The van der Waals surface area contributed by atoms with E-state index >= 15 is 0 Å². The van der Waals surface area contributed by atoms with Crippen LogP contribution >= 0.6 is 11.3 Å². The third-order valence-electron chi connectivity index (χ3n) is 4.71. The molecule has 3 heterocycles. The fourth-order valence-corrected chi connectivity index (χ4v) is 3.96. The van der Waals surface area contributed by atoms with E-state index in [0.717, 1.165) is 27.9 Å².